The molecule has 1 saturated heterocycles. The molecule has 2 fully saturated rings. The van der Waals surface area contributed by atoms with Gasteiger partial charge in [-0.3, -0.25) is 9.69 Å². The second-order valence-electron chi connectivity index (χ2n) is 7.27. The van der Waals surface area contributed by atoms with E-state index in [0.717, 1.165) is 32.7 Å². The molecule has 1 amide bonds. The molecule has 4 heteroatoms. The summed E-state index contributed by atoms with van der Waals surface area (Å²) in [6.07, 6.45) is 2.39. The molecule has 1 saturated carbocycles. The van der Waals surface area contributed by atoms with Gasteiger partial charge in [0, 0.05) is 44.5 Å². The highest BCUT2D eigenvalue weighted by atomic mass is 16.2. The summed E-state index contributed by atoms with van der Waals surface area (Å²) in [7, 11) is 0. The predicted octanol–water partition coefficient (Wildman–Crippen LogP) is 2.46. The summed E-state index contributed by atoms with van der Waals surface area (Å²) >= 11 is 0. The number of hydrogen-bond acceptors (Lipinski definition) is 3. The maximum absolute atomic E-state index is 12.7. The van der Waals surface area contributed by atoms with Gasteiger partial charge >= 0.3 is 0 Å². The molecule has 0 N–H and O–H groups in total. The molecule has 126 valence electrons. The molecule has 1 heterocycles. The second-order valence-corrected chi connectivity index (χ2v) is 7.27. The Bertz CT molecular complexity index is 505. The highest BCUT2D eigenvalue weighted by Gasteiger charge is 2.33. The fraction of sp³-hybridized carbons (Fsp3) is 0.632. The van der Waals surface area contributed by atoms with Crippen molar-refractivity contribution < 1.29 is 4.79 Å². The first-order valence-electron chi connectivity index (χ1n) is 8.95. The van der Waals surface area contributed by atoms with Crippen molar-refractivity contribution in [2.24, 2.45) is 5.92 Å². The first kappa shape index (κ1) is 16.3. The van der Waals surface area contributed by atoms with Crippen molar-refractivity contribution in [3.63, 3.8) is 0 Å². The highest BCUT2D eigenvalue weighted by molar-refractivity contribution is 5.79. The molecular weight excluding hydrogens is 286 g/mol. The number of nitrogens with zero attached hydrogens (tertiary/aromatic N) is 3. The monoisotopic (exact) mass is 315 g/mol. The maximum atomic E-state index is 12.7. The van der Waals surface area contributed by atoms with Crippen molar-refractivity contribution in [2.45, 2.75) is 32.7 Å². The van der Waals surface area contributed by atoms with Crippen LogP contribution in [0.15, 0.2) is 30.3 Å². The molecule has 1 aliphatic carbocycles. The summed E-state index contributed by atoms with van der Waals surface area (Å²) in [5.74, 6) is 0.879. The van der Waals surface area contributed by atoms with E-state index in [0.29, 0.717) is 24.4 Å². The van der Waals surface area contributed by atoms with E-state index < -0.39 is 0 Å². The van der Waals surface area contributed by atoms with Gasteiger partial charge in [-0.25, -0.2) is 0 Å². The average molecular weight is 315 g/mol. The van der Waals surface area contributed by atoms with Gasteiger partial charge in [-0.05, 0) is 30.9 Å². The van der Waals surface area contributed by atoms with E-state index in [-0.39, 0.29) is 0 Å². The molecule has 3 rings (SSSR count). The molecule has 0 spiro atoms. The Kier molecular flexibility index (Phi) is 5.21. The van der Waals surface area contributed by atoms with Crippen molar-refractivity contribution >= 4 is 11.6 Å². The van der Waals surface area contributed by atoms with Gasteiger partial charge in [0.1, 0.15) is 0 Å². The van der Waals surface area contributed by atoms with E-state index in [1.54, 1.807) is 0 Å². The maximum Gasteiger partial charge on any atom is 0.237 e. The van der Waals surface area contributed by atoms with Crippen molar-refractivity contribution in [3.05, 3.63) is 30.3 Å². The number of rotatable bonds is 6. The van der Waals surface area contributed by atoms with E-state index in [1.807, 2.05) is 0 Å². The largest absolute Gasteiger partial charge is 0.369 e. The molecule has 2 aliphatic rings. The zero-order chi connectivity index (χ0) is 16.2. The molecule has 0 aromatic heterocycles. The van der Waals surface area contributed by atoms with Crippen LogP contribution in [0, 0.1) is 5.92 Å². The van der Waals surface area contributed by atoms with Crippen LogP contribution in [0.2, 0.25) is 0 Å². The third-order valence-corrected chi connectivity index (χ3v) is 4.72. The first-order chi connectivity index (χ1) is 11.1. The minimum atomic E-state index is 0.328. The SMILES string of the molecule is CC(C)CN(C(=O)CN1CCN(c2ccccc2)CC1)C1CC1. The number of benzene rings is 1. The van der Waals surface area contributed by atoms with Crippen LogP contribution in [0.25, 0.3) is 0 Å². The number of hydrogen-bond donors (Lipinski definition) is 0. The van der Waals surface area contributed by atoms with Crippen LogP contribution in [0.1, 0.15) is 26.7 Å². The molecule has 4 nitrogen and oxygen atoms in total. The molecule has 1 aromatic carbocycles. The molecule has 0 bridgehead atoms. The summed E-state index contributed by atoms with van der Waals surface area (Å²) < 4.78 is 0. The van der Waals surface area contributed by atoms with Crippen molar-refractivity contribution in [2.75, 3.05) is 44.2 Å². The number of carbonyl (C=O) groups is 1. The second kappa shape index (κ2) is 7.35. The molecule has 0 unspecified atom stereocenters. The summed E-state index contributed by atoms with van der Waals surface area (Å²) in [6.45, 7) is 9.85. The molecule has 1 aromatic rings. The Morgan fingerprint density at radius 1 is 1.13 bits per heavy atom. The number of piperazine rings is 1. The molecular formula is C19H29N3O. The third-order valence-electron chi connectivity index (χ3n) is 4.72. The normalized spacial score (nSPS) is 19.2. The van der Waals surface area contributed by atoms with E-state index in [9.17, 15) is 4.79 Å². The number of para-hydroxylation sites is 1. The van der Waals surface area contributed by atoms with E-state index >= 15 is 0 Å². The Hall–Kier alpha value is -1.55. The lowest BCUT2D eigenvalue weighted by Gasteiger charge is -2.37. The van der Waals surface area contributed by atoms with Crippen LogP contribution in [0.3, 0.4) is 0 Å². The van der Waals surface area contributed by atoms with Crippen molar-refractivity contribution in [1.82, 2.24) is 9.80 Å². The zero-order valence-corrected chi connectivity index (χ0v) is 14.4. The van der Waals surface area contributed by atoms with E-state index in [4.69, 9.17) is 0 Å². The third kappa shape index (κ3) is 4.47. The van der Waals surface area contributed by atoms with Crippen LogP contribution >= 0.6 is 0 Å². The Morgan fingerprint density at radius 3 is 2.35 bits per heavy atom. The van der Waals surface area contributed by atoms with Crippen LogP contribution in [0.4, 0.5) is 5.69 Å². The standard InChI is InChI=1S/C19H29N3O/c1-16(2)14-22(18-8-9-18)19(23)15-20-10-12-21(13-11-20)17-6-4-3-5-7-17/h3-7,16,18H,8-15H2,1-2H3. The van der Waals surface area contributed by atoms with Gasteiger partial charge in [-0.1, -0.05) is 32.0 Å². The van der Waals surface area contributed by atoms with Crippen LogP contribution < -0.4 is 4.90 Å². The molecule has 23 heavy (non-hydrogen) atoms. The van der Waals surface area contributed by atoms with E-state index in [2.05, 4.69) is 58.9 Å². The van der Waals surface area contributed by atoms with Crippen LogP contribution in [-0.2, 0) is 4.79 Å². The fourth-order valence-electron chi connectivity index (χ4n) is 3.32. The molecule has 0 radical (unpaired) electrons. The quantitative estimate of drug-likeness (QED) is 0.807. The number of carbonyl (C=O) groups excluding carboxylic acids is 1. The van der Waals surface area contributed by atoms with Crippen LogP contribution in [0.5, 0.6) is 0 Å². The Labute approximate surface area is 140 Å². The smallest absolute Gasteiger partial charge is 0.237 e. The highest BCUT2D eigenvalue weighted by Crippen LogP contribution is 2.28. The summed E-state index contributed by atoms with van der Waals surface area (Å²) in [4.78, 5) is 19.5. The lowest BCUT2D eigenvalue weighted by atomic mass is 10.2. The molecule has 0 atom stereocenters. The zero-order valence-electron chi connectivity index (χ0n) is 14.4. The lowest BCUT2D eigenvalue weighted by molar-refractivity contribution is -0.133. The van der Waals surface area contributed by atoms with Gasteiger partial charge in [-0.15, -0.1) is 0 Å². The van der Waals surface area contributed by atoms with Gasteiger partial charge < -0.3 is 9.80 Å². The predicted molar refractivity (Wildman–Crippen MR) is 94.7 cm³/mol. The Balaban J connectivity index is 1.49. The van der Waals surface area contributed by atoms with Crippen LogP contribution in [-0.4, -0.2) is 61.0 Å². The molecule has 1 aliphatic heterocycles. The summed E-state index contributed by atoms with van der Waals surface area (Å²) in [5, 5.41) is 0. The average Bonchev–Trinajstić information content (AvgIpc) is 3.39. The topological polar surface area (TPSA) is 26.8 Å². The first-order valence-corrected chi connectivity index (χ1v) is 8.95. The number of amides is 1. The van der Waals surface area contributed by atoms with Crippen molar-refractivity contribution in [3.8, 4) is 0 Å². The van der Waals surface area contributed by atoms with Gasteiger partial charge in [-0.2, -0.15) is 0 Å². The van der Waals surface area contributed by atoms with Gasteiger partial charge in [0.15, 0.2) is 0 Å². The van der Waals surface area contributed by atoms with E-state index in [1.165, 1.54) is 18.5 Å². The summed E-state index contributed by atoms with van der Waals surface area (Å²) in [6, 6.07) is 11.1. The minimum Gasteiger partial charge on any atom is -0.369 e. The van der Waals surface area contributed by atoms with Gasteiger partial charge in [0.2, 0.25) is 5.91 Å². The fourth-order valence-corrected chi connectivity index (χ4v) is 3.32. The van der Waals surface area contributed by atoms with Gasteiger partial charge in [0.05, 0.1) is 6.54 Å². The van der Waals surface area contributed by atoms with Gasteiger partial charge in [0.25, 0.3) is 0 Å². The number of anilines is 1. The minimum absolute atomic E-state index is 0.328. The summed E-state index contributed by atoms with van der Waals surface area (Å²) in [5.41, 5.74) is 1.29. The lowest BCUT2D eigenvalue weighted by Crippen LogP contribution is -2.50. The van der Waals surface area contributed by atoms with Crippen molar-refractivity contribution in [1.29, 1.82) is 0 Å². The Morgan fingerprint density at radius 2 is 1.78 bits per heavy atom.